The van der Waals surface area contributed by atoms with Gasteiger partial charge in [0.25, 0.3) is 0 Å². The molecule has 0 atom stereocenters. The van der Waals surface area contributed by atoms with Gasteiger partial charge in [-0.15, -0.1) is 0 Å². The summed E-state index contributed by atoms with van der Waals surface area (Å²) in [5, 5.41) is 5.28. The van der Waals surface area contributed by atoms with Gasteiger partial charge in [-0.25, -0.2) is 4.98 Å². The SMILES string of the molecule is Nc1c(-c2ccc(Cl)cc2)cnc2cc(-c3ccccc3)nn12. The predicted octanol–water partition coefficient (Wildman–Crippen LogP) is 4.30. The largest absolute Gasteiger partial charge is 0.383 e. The summed E-state index contributed by atoms with van der Waals surface area (Å²) in [5.74, 6) is 0.555. The highest BCUT2D eigenvalue weighted by molar-refractivity contribution is 6.30. The van der Waals surface area contributed by atoms with Gasteiger partial charge in [-0.2, -0.15) is 9.61 Å². The van der Waals surface area contributed by atoms with Gasteiger partial charge in [0, 0.05) is 28.4 Å². The topological polar surface area (TPSA) is 56.2 Å². The van der Waals surface area contributed by atoms with Crippen molar-refractivity contribution in [3.05, 3.63) is 71.9 Å². The molecule has 0 aliphatic heterocycles. The predicted molar refractivity (Wildman–Crippen MR) is 93.3 cm³/mol. The molecular formula is C18H13ClN4. The van der Waals surface area contributed by atoms with E-state index in [1.165, 1.54) is 0 Å². The second-order valence-corrected chi connectivity index (χ2v) is 5.67. The summed E-state index contributed by atoms with van der Waals surface area (Å²) in [5.41, 5.74) is 10.7. The van der Waals surface area contributed by atoms with Crippen LogP contribution in [-0.4, -0.2) is 14.6 Å². The van der Waals surface area contributed by atoms with E-state index in [0.29, 0.717) is 10.8 Å². The standard InChI is InChI=1S/C18H13ClN4/c19-14-8-6-12(7-9-14)15-11-21-17-10-16(22-23(17)18(15)20)13-4-2-1-3-5-13/h1-11H,20H2. The van der Waals surface area contributed by atoms with Crippen LogP contribution >= 0.6 is 11.6 Å². The number of aromatic nitrogens is 3. The Morgan fingerprint density at radius 1 is 0.913 bits per heavy atom. The second kappa shape index (κ2) is 5.41. The molecule has 0 saturated carbocycles. The van der Waals surface area contributed by atoms with Gasteiger partial charge in [0.05, 0.1) is 5.69 Å². The maximum absolute atomic E-state index is 6.31. The van der Waals surface area contributed by atoms with Crippen molar-refractivity contribution in [3.8, 4) is 22.4 Å². The zero-order valence-corrected chi connectivity index (χ0v) is 12.9. The molecule has 2 heterocycles. The number of fused-ring (bicyclic) bond motifs is 1. The number of nitrogens with two attached hydrogens (primary N) is 1. The molecular weight excluding hydrogens is 308 g/mol. The molecule has 0 aliphatic carbocycles. The van der Waals surface area contributed by atoms with Crippen molar-refractivity contribution in [1.82, 2.24) is 14.6 Å². The first kappa shape index (κ1) is 13.8. The van der Waals surface area contributed by atoms with Gasteiger partial charge in [0.15, 0.2) is 5.65 Å². The van der Waals surface area contributed by atoms with Crippen molar-refractivity contribution >= 4 is 23.1 Å². The van der Waals surface area contributed by atoms with Gasteiger partial charge < -0.3 is 5.73 Å². The number of nitrogens with zero attached hydrogens (tertiary/aromatic N) is 3. The molecule has 2 N–H and O–H groups in total. The third-order valence-corrected chi connectivity index (χ3v) is 4.00. The number of anilines is 1. The summed E-state index contributed by atoms with van der Waals surface area (Å²) in [4.78, 5) is 4.47. The molecule has 4 nitrogen and oxygen atoms in total. The minimum Gasteiger partial charge on any atom is -0.383 e. The van der Waals surface area contributed by atoms with Crippen LogP contribution in [0.25, 0.3) is 28.0 Å². The first-order valence-electron chi connectivity index (χ1n) is 7.18. The molecule has 0 spiro atoms. The van der Waals surface area contributed by atoms with Crippen molar-refractivity contribution in [2.24, 2.45) is 0 Å². The normalized spacial score (nSPS) is 11.0. The summed E-state index contributed by atoms with van der Waals surface area (Å²) in [7, 11) is 0. The van der Waals surface area contributed by atoms with Crippen LogP contribution in [0.15, 0.2) is 66.9 Å². The lowest BCUT2D eigenvalue weighted by molar-refractivity contribution is 0.958. The van der Waals surface area contributed by atoms with Crippen LogP contribution in [-0.2, 0) is 0 Å². The van der Waals surface area contributed by atoms with Crippen molar-refractivity contribution < 1.29 is 0 Å². The zero-order chi connectivity index (χ0) is 15.8. The molecule has 5 heteroatoms. The van der Waals surface area contributed by atoms with Crippen LogP contribution in [0.5, 0.6) is 0 Å². The number of benzene rings is 2. The van der Waals surface area contributed by atoms with Crippen LogP contribution in [0.2, 0.25) is 5.02 Å². The van der Waals surface area contributed by atoms with Gasteiger partial charge in [0.2, 0.25) is 0 Å². The number of nitrogen functional groups attached to an aromatic ring is 1. The lowest BCUT2D eigenvalue weighted by atomic mass is 10.1. The molecule has 0 amide bonds. The van der Waals surface area contributed by atoms with Crippen molar-refractivity contribution in [3.63, 3.8) is 0 Å². The number of halogens is 1. The van der Waals surface area contributed by atoms with Crippen LogP contribution < -0.4 is 5.73 Å². The lowest BCUT2D eigenvalue weighted by Gasteiger charge is -2.07. The van der Waals surface area contributed by atoms with E-state index in [1.54, 1.807) is 10.7 Å². The Morgan fingerprint density at radius 2 is 1.65 bits per heavy atom. The van der Waals surface area contributed by atoms with Gasteiger partial charge in [0.1, 0.15) is 5.82 Å². The fourth-order valence-corrected chi connectivity index (χ4v) is 2.68. The van der Waals surface area contributed by atoms with E-state index in [0.717, 1.165) is 28.0 Å². The fraction of sp³-hybridized carbons (Fsp3) is 0. The van der Waals surface area contributed by atoms with Crippen LogP contribution in [0, 0.1) is 0 Å². The Kier molecular flexibility index (Phi) is 3.24. The Bertz CT molecular complexity index is 975. The van der Waals surface area contributed by atoms with Crippen LogP contribution in [0.4, 0.5) is 5.82 Å². The molecule has 23 heavy (non-hydrogen) atoms. The van der Waals surface area contributed by atoms with E-state index in [9.17, 15) is 0 Å². The Hall–Kier alpha value is -2.85. The average molecular weight is 321 g/mol. The van der Waals surface area contributed by atoms with E-state index in [1.807, 2.05) is 60.7 Å². The van der Waals surface area contributed by atoms with Gasteiger partial charge in [-0.1, -0.05) is 54.1 Å². The Balaban J connectivity index is 1.87. The Labute approximate surface area is 138 Å². The van der Waals surface area contributed by atoms with Crippen LogP contribution in [0.3, 0.4) is 0 Å². The highest BCUT2D eigenvalue weighted by Crippen LogP contribution is 2.28. The van der Waals surface area contributed by atoms with Gasteiger partial charge in [-0.05, 0) is 17.7 Å². The molecule has 0 aliphatic rings. The molecule has 2 aromatic carbocycles. The van der Waals surface area contributed by atoms with Crippen LogP contribution in [0.1, 0.15) is 0 Å². The van der Waals surface area contributed by atoms with E-state index < -0.39 is 0 Å². The number of hydrogen-bond acceptors (Lipinski definition) is 3. The summed E-state index contributed by atoms with van der Waals surface area (Å²) in [6.07, 6.45) is 1.77. The van der Waals surface area contributed by atoms with Crippen molar-refractivity contribution in [2.75, 3.05) is 5.73 Å². The highest BCUT2D eigenvalue weighted by Gasteiger charge is 2.11. The summed E-state index contributed by atoms with van der Waals surface area (Å²) < 4.78 is 1.67. The lowest BCUT2D eigenvalue weighted by Crippen LogP contribution is -2.02. The van der Waals surface area contributed by atoms with Gasteiger partial charge in [-0.3, -0.25) is 0 Å². The summed E-state index contributed by atoms with van der Waals surface area (Å²) >= 11 is 5.94. The molecule has 4 aromatic rings. The third-order valence-electron chi connectivity index (χ3n) is 3.75. The van der Waals surface area contributed by atoms with Crippen molar-refractivity contribution in [2.45, 2.75) is 0 Å². The second-order valence-electron chi connectivity index (χ2n) is 5.23. The Morgan fingerprint density at radius 3 is 2.39 bits per heavy atom. The summed E-state index contributed by atoms with van der Waals surface area (Å²) in [6, 6.07) is 19.4. The average Bonchev–Trinajstić information content (AvgIpc) is 3.02. The molecule has 0 fully saturated rings. The minimum atomic E-state index is 0.555. The van der Waals surface area contributed by atoms with E-state index in [2.05, 4.69) is 10.1 Å². The quantitative estimate of drug-likeness (QED) is 0.599. The third kappa shape index (κ3) is 2.43. The van der Waals surface area contributed by atoms with E-state index >= 15 is 0 Å². The minimum absolute atomic E-state index is 0.555. The monoisotopic (exact) mass is 320 g/mol. The first-order valence-corrected chi connectivity index (χ1v) is 7.56. The maximum atomic E-state index is 6.31. The number of hydrogen-bond donors (Lipinski definition) is 1. The number of rotatable bonds is 2. The maximum Gasteiger partial charge on any atom is 0.157 e. The molecule has 0 bridgehead atoms. The molecule has 2 aromatic heterocycles. The molecule has 112 valence electrons. The summed E-state index contributed by atoms with van der Waals surface area (Å²) in [6.45, 7) is 0. The van der Waals surface area contributed by atoms with E-state index in [4.69, 9.17) is 17.3 Å². The van der Waals surface area contributed by atoms with E-state index in [-0.39, 0.29) is 0 Å². The first-order chi connectivity index (χ1) is 11.2. The molecule has 0 unspecified atom stereocenters. The molecule has 4 rings (SSSR count). The van der Waals surface area contributed by atoms with Crippen molar-refractivity contribution in [1.29, 1.82) is 0 Å². The fourth-order valence-electron chi connectivity index (χ4n) is 2.55. The highest BCUT2D eigenvalue weighted by atomic mass is 35.5. The molecule has 0 saturated heterocycles. The van der Waals surface area contributed by atoms with Gasteiger partial charge >= 0.3 is 0 Å². The smallest absolute Gasteiger partial charge is 0.157 e. The molecule has 0 radical (unpaired) electrons. The zero-order valence-electron chi connectivity index (χ0n) is 12.1.